The molecule has 112 valence electrons. The largest absolute Gasteiger partial charge is 0.420 e. The molecule has 1 amide bonds. The van der Waals surface area contributed by atoms with Crippen LogP contribution in [0.1, 0.15) is 10.4 Å². The molecule has 1 aromatic carbocycles. The van der Waals surface area contributed by atoms with Gasteiger partial charge >= 0.3 is 5.76 Å². The van der Waals surface area contributed by atoms with Crippen molar-refractivity contribution in [2.45, 2.75) is 6.54 Å². The number of nitrogens with zero attached hydrogens (tertiary/aromatic N) is 2. The van der Waals surface area contributed by atoms with Gasteiger partial charge in [0.05, 0.1) is 18.7 Å². The Morgan fingerprint density at radius 2 is 2.10 bits per heavy atom. The van der Waals surface area contributed by atoms with E-state index in [1.807, 2.05) is 0 Å². The third kappa shape index (κ3) is 2.57. The van der Waals surface area contributed by atoms with E-state index in [4.69, 9.17) is 9.52 Å². The Balaban J connectivity index is 1.97. The van der Waals surface area contributed by atoms with Gasteiger partial charge in [-0.25, -0.2) is 4.79 Å². The summed E-state index contributed by atoms with van der Waals surface area (Å²) in [6, 6.07) is 4.94. The second kappa shape index (κ2) is 5.71. The minimum atomic E-state index is -0.522. The SMILES string of the molecule is O=C(c1ccc2oc(=O)n(CCO)c2c1)N1CCNCC1. The van der Waals surface area contributed by atoms with E-state index in [2.05, 4.69) is 5.32 Å². The monoisotopic (exact) mass is 291 g/mol. The van der Waals surface area contributed by atoms with Crippen LogP contribution in [0.3, 0.4) is 0 Å². The fourth-order valence-electron chi connectivity index (χ4n) is 2.56. The fraction of sp³-hybridized carbons (Fsp3) is 0.429. The lowest BCUT2D eigenvalue weighted by molar-refractivity contribution is 0.0736. The molecule has 7 nitrogen and oxygen atoms in total. The van der Waals surface area contributed by atoms with Crippen LogP contribution < -0.4 is 11.1 Å². The summed E-state index contributed by atoms with van der Waals surface area (Å²) >= 11 is 0. The average molecular weight is 291 g/mol. The minimum absolute atomic E-state index is 0.0532. The molecule has 21 heavy (non-hydrogen) atoms. The molecule has 2 aromatic rings. The van der Waals surface area contributed by atoms with Crippen LogP contribution in [0.15, 0.2) is 27.4 Å². The second-order valence-corrected chi connectivity index (χ2v) is 4.97. The van der Waals surface area contributed by atoms with Gasteiger partial charge in [-0.3, -0.25) is 9.36 Å². The first-order chi connectivity index (χ1) is 10.2. The zero-order valence-corrected chi connectivity index (χ0v) is 11.5. The molecule has 2 heterocycles. The molecule has 0 bridgehead atoms. The lowest BCUT2D eigenvalue weighted by Crippen LogP contribution is -2.46. The van der Waals surface area contributed by atoms with Crippen molar-refractivity contribution in [1.29, 1.82) is 0 Å². The van der Waals surface area contributed by atoms with Crippen molar-refractivity contribution in [2.75, 3.05) is 32.8 Å². The van der Waals surface area contributed by atoms with Gasteiger partial charge in [-0.05, 0) is 18.2 Å². The van der Waals surface area contributed by atoms with Crippen molar-refractivity contribution < 1.29 is 14.3 Å². The predicted octanol–water partition coefficient (Wildman–Crippen LogP) is -0.368. The number of fused-ring (bicyclic) bond motifs is 1. The highest BCUT2D eigenvalue weighted by Crippen LogP contribution is 2.16. The Morgan fingerprint density at radius 3 is 2.81 bits per heavy atom. The first-order valence-electron chi connectivity index (χ1n) is 6.95. The summed E-state index contributed by atoms with van der Waals surface area (Å²) in [6.45, 7) is 2.91. The number of piperazine rings is 1. The molecule has 0 saturated carbocycles. The van der Waals surface area contributed by atoms with Gasteiger partial charge in [0.15, 0.2) is 5.58 Å². The molecule has 1 aliphatic heterocycles. The molecule has 2 N–H and O–H groups in total. The first kappa shape index (κ1) is 13.8. The quantitative estimate of drug-likeness (QED) is 0.806. The number of nitrogens with one attached hydrogen (secondary N) is 1. The Bertz CT molecular complexity index is 713. The first-order valence-corrected chi connectivity index (χ1v) is 6.95. The number of carbonyl (C=O) groups is 1. The summed E-state index contributed by atoms with van der Waals surface area (Å²) in [6.07, 6.45) is 0. The molecule has 0 radical (unpaired) electrons. The van der Waals surface area contributed by atoms with Crippen LogP contribution in [-0.4, -0.2) is 53.3 Å². The maximum Gasteiger partial charge on any atom is 0.420 e. The molecular weight excluding hydrogens is 274 g/mol. The highest BCUT2D eigenvalue weighted by atomic mass is 16.4. The van der Waals surface area contributed by atoms with Crippen molar-refractivity contribution in [3.05, 3.63) is 34.3 Å². The maximum absolute atomic E-state index is 12.5. The fourth-order valence-corrected chi connectivity index (χ4v) is 2.56. The molecule has 0 unspecified atom stereocenters. The molecule has 0 aliphatic carbocycles. The smallest absolute Gasteiger partial charge is 0.408 e. The third-order valence-corrected chi connectivity index (χ3v) is 3.64. The van der Waals surface area contributed by atoms with Gasteiger partial charge in [-0.2, -0.15) is 0 Å². The Kier molecular flexibility index (Phi) is 3.76. The summed E-state index contributed by atoms with van der Waals surface area (Å²) in [4.78, 5) is 25.9. The van der Waals surface area contributed by atoms with Crippen molar-refractivity contribution in [3.8, 4) is 0 Å². The molecule has 1 aliphatic rings. The van der Waals surface area contributed by atoms with E-state index in [0.29, 0.717) is 29.8 Å². The molecule has 1 saturated heterocycles. The molecule has 0 atom stereocenters. The number of oxazole rings is 1. The molecule has 7 heteroatoms. The standard InChI is InChI=1S/C14H17N3O4/c18-8-7-17-11-9-10(1-2-12(11)21-14(17)20)13(19)16-5-3-15-4-6-16/h1-2,9,15,18H,3-8H2. The highest BCUT2D eigenvalue weighted by molar-refractivity contribution is 5.97. The van der Waals surface area contributed by atoms with Crippen LogP contribution >= 0.6 is 0 Å². The number of aliphatic hydroxyl groups excluding tert-OH is 1. The van der Waals surface area contributed by atoms with Crippen LogP contribution in [0.2, 0.25) is 0 Å². The summed E-state index contributed by atoms with van der Waals surface area (Å²) in [5.41, 5.74) is 1.48. The van der Waals surface area contributed by atoms with E-state index in [-0.39, 0.29) is 19.1 Å². The van der Waals surface area contributed by atoms with Gasteiger partial charge in [0.2, 0.25) is 0 Å². The van der Waals surface area contributed by atoms with Crippen molar-refractivity contribution in [1.82, 2.24) is 14.8 Å². The van der Waals surface area contributed by atoms with E-state index in [1.165, 1.54) is 4.57 Å². The normalized spacial score (nSPS) is 15.6. The van der Waals surface area contributed by atoms with Gasteiger partial charge < -0.3 is 19.7 Å². The van der Waals surface area contributed by atoms with Crippen molar-refractivity contribution in [2.24, 2.45) is 0 Å². The van der Waals surface area contributed by atoms with E-state index >= 15 is 0 Å². The van der Waals surface area contributed by atoms with Gasteiger partial charge in [0, 0.05) is 31.7 Å². The summed E-state index contributed by atoms with van der Waals surface area (Å²) in [5.74, 6) is -0.576. The summed E-state index contributed by atoms with van der Waals surface area (Å²) < 4.78 is 6.43. The van der Waals surface area contributed by atoms with Crippen LogP contribution in [0, 0.1) is 0 Å². The van der Waals surface area contributed by atoms with Crippen molar-refractivity contribution >= 4 is 17.0 Å². The lowest BCUT2D eigenvalue weighted by Gasteiger charge is -2.27. The number of carbonyl (C=O) groups excluding carboxylic acids is 1. The highest BCUT2D eigenvalue weighted by Gasteiger charge is 2.19. The molecule has 3 rings (SSSR count). The van der Waals surface area contributed by atoms with Gasteiger partial charge in [0.1, 0.15) is 0 Å². The Morgan fingerprint density at radius 1 is 1.33 bits per heavy atom. The Labute approximate surface area is 120 Å². The van der Waals surface area contributed by atoms with Gasteiger partial charge in [-0.1, -0.05) is 0 Å². The van der Waals surface area contributed by atoms with Gasteiger partial charge in [-0.15, -0.1) is 0 Å². The zero-order valence-electron chi connectivity index (χ0n) is 11.5. The zero-order chi connectivity index (χ0) is 14.8. The summed E-state index contributed by atoms with van der Waals surface area (Å²) in [5, 5.41) is 12.2. The van der Waals surface area contributed by atoms with E-state index in [1.54, 1.807) is 23.1 Å². The van der Waals surface area contributed by atoms with E-state index in [9.17, 15) is 9.59 Å². The Hall–Kier alpha value is -2.12. The summed E-state index contributed by atoms with van der Waals surface area (Å²) in [7, 11) is 0. The van der Waals surface area contributed by atoms with Crippen LogP contribution in [0.5, 0.6) is 0 Å². The molecule has 0 spiro atoms. The number of amides is 1. The topological polar surface area (TPSA) is 87.7 Å². The lowest BCUT2D eigenvalue weighted by atomic mass is 10.1. The van der Waals surface area contributed by atoms with E-state index < -0.39 is 5.76 Å². The number of aromatic nitrogens is 1. The van der Waals surface area contributed by atoms with Crippen molar-refractivity contribution in [3.63, 3.8) is 0 Å². The van der Waals surface area contributed by atoms with Crippen LogP contribution in [0.25, 0.3) is 11.1 Å². The predicted molar refractivity (Wildman–Crippen MR) is 76.3 cm³/mol. The number of hydrogen-bond donors (Lipinski definition) is 2. The maximum atomic E-state index is 12.5. The second-order valence-electron chi connectivity index (χ2n) is 4.97. The molecule has 1 fully saturated rings. The van der Waals surface area contributed by atoms with Crippen LogP contribution in [0.4, 0.5) is 0 Å². The van der Waals surface area contributed by atoms with Crippen LogP contribution in [-0.2, 0) is 6.54 Å². The molecule has 1 aromatic heterocycles. The minimum Gasteiger partial charge on any atom is -0.408 e. The number of rotatable bonds is 3. The number of benzene rings is 1. The molecular formula is C14H17N3O4. The third-order valence-electron chi connectivity index (χ3n) is 3.64. The number of hydrogen-bond acceptors (Lipinski definition) is 5. The van der Waals surface area contributed by atoms with E-state index in [0.717, 1.165) is 13.1 Å². The number of aliphatic hydroxyl groups is 1. The average Bonchev–Trinajstić information content (AvgIpc) is 2.83. The van der Waals surface area contributed by atoms with Gasteiger partial charge in [0.25, 0.3) is 5.91 Å².